The van der Waals surface area contributed by atoms with E-state index in [-0.39, 0.29) is 12.0 Å². The van der Waals surface area contributed by atoms with E-state index in [0.29, 0.717) is 23.7 Å². The molecular weight excluding hydrogens is 328 g/mol. The van der Waals surface area contributed by atoms with Gasteiger partial charge in [0.2, 0.25) is 0 Å². The van der Waals surface area contributed by atoms with Crippen molar-refractivity contribution in [2.45, 2.75) is 52.1 Å². The second kappa shape index (κ2) is 6.98. The van der Waals surface area contributed by atoms with Crippen molar-refractivity contribution in [1.29, 1.82) is 0 Å². The van der Waals surface area contributed by atoms with Crippen LogP contribution in [0.25, 0.3) is 0 Å². The molecule has 1 aromatic carbocycles. The van der Waals surface area contributed by atoms with Crippen LogP contribution in [0.1, 0.15) is 54.0 Å². The summed E-state index contributed by atoms with van der Waals surface area (Å²) in [6.07, 6.45) is 5.35. The number of nitrogens with one attached hydrogen (secondary N) is 1. The molecule has 2 aromatic rings. The fourth-order valence-corrected chi connectivity index (χ4v) is 3.71. The highest BCUT2D eigenvalue weighted by Crippen LogP contribution is 2.38. The molecule has 5 heteroatoms. The van der Waals surface area contributed by atoms with Gasteiger partial charge in [-0.2, -0.15) is 0 Å². The van der Waals surface area contributed by atoms with Crippen molar-refractivity contribution in [1.82, 2.24) is 4.98 Å². The maximum atomic E-state index is 12.8. The Balaban J connectivity index is 1.60. The van der Waals surface area contributed by atoms with Gasteiger partial charge in [0.1, 0.15) is 23.3 Å². The molecule has 1 aromatic heterocycles. The van der Waals surface area contributed by atoms with Gasteiger partial charge < -0.3 is 14.8 Å². The van der Waals surface area contributed by atoms with Crippen LogP contribution in [0.3, 0.4) is 0 Å². The Morgan fingerprint density at radius 3 is 2.96 bits per heavy atom. The Morgan fingerprint density at radius 2 is 2.12 bits per heavy atom. The van der Waals surface area contributed by atoms with E-state index >= 15 is 0 Å². The van der Waals surface area contributed by atoms with E-state index in [1.165, 1.54) is 12.0 Å². The first-order chi connectivity index (χ1) is 12.6. The molecule has 2 aliphatic rings. The number of carbonyl (C=O) groups excluding carboxylic acids is 1. The summed E-state index contributed by atoms with van der Waals surface area (Å²) in [7, 11) is 0. The first-order valence-electron chi connectivity index (χ1n) is 9.40. The maximum Gasteiger partial charge on any atom is 0.274 e. The number of amides is 1. The number of benzene rings is 1. The average molecular weight is 352 g/mol. The predicted molar refractivity (Wildman–Crippen MR) is 100 cm³/mol. The van der Waals surface area contributed by atoms with Crippen molar-refractivity contribution in [3.63, 3.8) is 0 Å². The lowest BCUT2D eigenvalue weighted by Crippen LogP contribution is -2.17. The number of anilines is 1. The van der Waals surface area contributed by atoms with Gasteiger partial charge in [0.05, 0.1) is 12.3 Å². The number of hydrogen-bond donors (Lipinski definition) is 1. The van der Waals surface area contributed by atoms with Crippen LogP contribution in [0, 0.1) is 0 Å². The van der Waals surface area contributed by atoms with Gasteiger partial charge in [-0.1, -0.05) is 6.07 Å². The van der Waals surface area contributed by atoms with Crippen LogP contribution in [0.15, 0.2) is 24.3 Å². The van der Waals surface area contributed by atoms with Crippen molar-refractivity contribution in [2.75, 3.05) is 11.9 Å². The molecule has 0 bridgehead atoms. The maximum absolute atomic E-state index is 12.8. The number of carbonyl (C=O) groups is 1. The fraction of sp³-hybridized carbons (Fsp3) is 0.429. The summed E-state index contributed by atoms with van der Waals surface area (Å²) in [5.41, 5.74) is 4.51. The zero-order valence-electron chi connectivity index (χ0n) is 15.3. The van der Waals surface area contributed by atoms with E-state index in [0.717, 1.165) is 42.7 Å². The fourth-order valence-electron chi connectivity index (χ4n) is 3.71. The van der Waals surface area contributed by atoms with Gasteiger partial charge in [-0.05, 0) is 57.2 Å². The Hall–Kier alpha value is -2.56. The first-order valence-corrected chi connectivity index (χ1v) is 9.40. The second-order valence-corrected chi connectivity index (χ2v) is 6.99. The Morgan fingerprint density at radius 1 is 1.27 bits per heavy atom. The lowest BCUT2D eigenvalue weighted by Gasteiger charge is -2.16. The molecule has 4 rings (SSSR count). The lowest BCUT2D eigenvalue weighted by molar-refractivity contribution is 0.102. The SMILES string of the molecule is CCOc1cc2c(cc1NC(=O)c1ccc3c(n1)CCCC3)O[C@H](C)C2. The van der Waals surface area contributed by atoms with E-state index < -0.39 is 0 Å². The largest absolute Gasteiger partial charge is 0.492 e. The molecular formula is C21H24N2O3. The van der Waals surface area contributed by atoms with Crippen LogP contribution >= 0.6 is 0 Å². The summed E-state index contributed by atoms with van der Waals surface area (Å²) in [4.78, 5) is 17.3. The number of ether oxygens (including phenoxy) is 2. The third-order valence-electron chi connectivity index (χ3n) is 4.96. The van der Waals surface area contributed by atoms with Crippen LogP contribution in [0.5, 0.6) is 11.5 Å². The molecule has 0 saturated carbocycles. The molecule has 0 fully saturated rings. The molecule has 1 aliphatic carbocycles. The molecule has 5 nitrogen and oxygen atoms in total. The zero-order chi connectivity index (χ0) is 18.1. The highest BCUT2D eigenvalue weighted by Gasteiger charge is 2.23. The smallest absolute Gasteiger partial charge is 0.274 e. The standard InChI is InChI=1S/C21H24N2O3/c1-3-25-20-11-15-10-13(2)26-19(15)12-18(20)23-21(24)17-9-8-14-6-4-5-7-16(14)22-17/h8-9,11-13H,3-7,10H2,1-2H3,(H,23,24)/t13-/m1/s1. The van der Waals surface area contributed by atoms with Crippen molar-refractivity contribution >= 4 is 11.6 Å². The molecule has 26 heavy (non-hydrogen) atoms. The van der Waals surface area contributed by atoms with Crippen LogP contribution in [-0.2, 0) is 19.3 Å². The van der Waals surface area contributed by atoms with Gasteiger partial charge >= 0.3 is 0 Å². The molecule has 0 unspecified atom stereocenters. The molecule has 1 aliphatic heterocycles. The summed E-state index contributed by atoms with van der Waals surface area (Å²) >= 11 is 0. The number of aromatic nitrogens is 1. The molecule has 136 valence electrons. The van der Waals surface area contributed by atoms with E-state index in [4.69, 9.17) is 9.47 Å². The minimum atomic E-state index is -0.217. The topological polar surface area (TPSA) is 60.5 Å². The van der Waals surface area contributed by atoms with Gasteiger partial charge in [0, 0.05) is 23.7 Å². The van der Waals surface area contributed by atoms with Crippen LogP contribution < -0.4 is 14.8 Å². The molecule has 1 amide bonds. The molecule has 1 N–H and O–H groups in total. The van der Waals surface area contributed by atoms with E-state index in [9.17, 15) is 4.79 Å². The molecule has 2 heterocycles. The van der Waals surface area contributed by atoms with Crippen LogP contribution in [0.2, 0.25) is 0 Å². The lowest BCUT2D eigenvalue weighted by atomic mass is 9.96. The summed E-state index contributed by atoms with van der Waals surface area (Å²) in [5, 5.41) is 2.96. The van der Waals surface area contributed by atoms with Gasteiger partial charge in [0.15, 0.2) is 0 Å². The number of pyridine rings is 1. The van der Waals surface area contributed by atoms with Gasteiger partial charge in [-0.25, -0.2) is 4.98 Å². The molecule has 0 radical (unpaired) electrons. The second-order valence-electron chi connectivity index (χ2n) is 6.99. The van der Waals surface area contributed by atoms with Crippen molar-refractivity contribution < 1.29 is 14.3 Å². The minimum Gasteiger partial charge on any atom is -0.492 e. The first kappa shape index (κ1) is 16.9. The predicted octanol–water partition coefficient (Wildman–Crippen LogP) is 3.93. The molecule has 0 saturated heterocycles. The summed E-state index contributed by atoms with van der Waals surface area (Å²) < 4.78 is 11.6. The third kappa shape index (κ3) is 3.26. The van der Waals surface area contributed by atoms with Gasteiger partial charge in [-0.15, -0.1) is 0 Å². The minimum absolute atomic E-state index is 0.146. The Bertz CT molecular complexity index is 847. The number of fused-ring (bicyclic) bond motifs is 2. The van der Waals surface area contributed by atoms with Crippen molar-refractivity contribution in [3.8, 4) is 11.5 Å². The number of aryl methyl sites for hydroxylation is 2. The Kier molecular flexibility index (Phi) is 4.53. The van der Waals surface area contributed by atoms with E-state index in [2.05, 4.69) is 10.3 Å². The summed E-state index contributed by atoms with van der Waals surface area (Å²) in [5.74, 6) is 1.27. The monoisotopic (exact) mass is 352 g/mol. The highest BCUT2D eigenvalue weighted by molar-refractivity contribution is 6.04. The third-order valence-corrected chi connectivity index (χ3v) is 4.96. The average Bonchev–Trinajstić information content (AvgIpc) is 3.00. The molecule has 1 atom stereocenters. The van der Waals surface area contributed by atoms with Crippen molar-refractivity contribution in [3.05, 3.63) is 46.8 Å². The van der Waals surface area contributed by atoms with E-state index in [1.54, 1.807) is 0 Å². The van der Waals surface area contributed by atoms with E-state index in [1.807, 2.05) is 38.1 Å². The Labute approximate surface area is 153 Å². The van der Waals surface area contributed by atoms with Crippen molar-refractivity contribution in [2.24, 2.45) is 0 Å². The van der Waals surface area contributed by atoms with Crippen LogP contribution in [-0.4, -0.2) is 23.6 Å². The van der Waals surface area contributed by atoms with Crippen LogP contribution in [0.4, 0.5) is 5.69 Å². The molecule has 0 spiro atoms. The van der Waals surface area contributed by atoms with Gasteiger partial charge in [-0.3, -0.25) is 4.79 Å². The van der Waals surface area contributed by atoms with Gasteiger partial charge in [0.25, 0.3) is 5.91 Å². The zero-order valence-corrected chi connectivity index (χ0v) is 15.3. The quantitative estimate of drug-likeness (QED) is 0.905. The number of hydrogen-bond acceptors (Lipinski definition) is 4. The summed E-state index contributed by atoms with van der Waals surface area (Å²) in [6, 6.07) is 7.68. The number of rotatable bonds is 4. The highest BCUT2D eigenvalue weighted by atomic mass is 16.5. The summed E-state index contributed by atoms with van der Waals surface area (Å²) in [6.45, 7) is 4.51. The number of nitrogens with zero attached hydrogens (tertiary/aromatic N) is 1. The normalized spacial score (nSPS) is 17.8.